The number of benzene rings is 2. The molecular formula is C22H18F2N2O2S. The third-order valence-electron chi connectivity index (χ3n) is 5.84. The van der Waals surface area contributed by atoms with E-state index in [-0.39, 0.29) is 11.7 Å². The first-order valence-electron chi connectivity index (χ1n) is 9.38. The van der Waals surface area contributed by atoms with Crippen molar-refractivity contribution in [2.45, 2.75) is 22.6 Å². The topological polar surface area (TPSA) is 50.3 Å². The number of aromatic nitrogens is 1. The molecule has 0 spiro atoms. The number of halogens is 2. The summed E-state index contributed by atoms with van der Waals surface area (Å²) in [5.41, 5.74) is 3.34. The quantitative estimate of drug-likeness (QED) is 0.615. The monoisotopic (exact) mass is 412 g/mol. The fraction of sp³-hybridized carbons (Fsp3) is 0.227. The van der Waals surface area contributed by atoms with Gasteiger partial charge in [-0.05, 0) is 53.1 Å². The van der Waals surface area contributed by atoms with Gasteiger partial charge in [0, 0.05) is 37.3 Å². The molecule has 0 bridgehead atoms. The summed E-state index contributed by atoms with van der Waals surface area (Å²) in [7, 11) is -3.40. The highest BCUT2D eigenvalue weighted by molar-refractivity contribution is 7.92. The summed E-state index contributed by atoms with van der Waals surface area (Å²) in [6, 6.07) is 14.5. The molecule has 1 fully saturated rings. The maximum Gasteiger partial charge on any atom is 0.212 e. The highest BCUT2D eigenvalue weighted by Crippen LogP contribution is 2.46. The molecule has 3 aromatic rings. The van der Waals surface area contributed by atoms with E-state index < -0.39 is 21.0 Å². The van der Waals surface area contributed by atoms with Crippen LogP contribution in [-0.4, -0.2) is 36.6 Å². The molecule has 2 aliphatic heterocycles. The standard InChI is InChI=1S/C22H18F2N2O2S/c23-17-5-1-14(2-6-17)11-26-12-19-18-9-15(16-4-8-22(24)25-10-16)3-7-20(18)29(27,28)21(19)13-26/h1-10,19,21H,11-13H2/t19-,21-/m1/s1. The Hall–Kier alpha value is -2.64. The molecule has 2 aromatic carbocycles. The van der Waals surface area contributed by atoms with Crippen LogP contribution in [0.25, 0.3) is 11.1 Å². The zero-order valence-electron chi connectivity index (χ0n) is 15.4. The average Bonchev–Trinajstić information content (AvgIpc) is 3.22. The molecule has 7 heteroatoms. The van der Waals surface area contributed by atoms with Gasteiger partial charge in [0.05, 0.1) is 10.1 Å². The lowest BCUT2D eigenvalue weighted by molar-refractivity contribution is 0.325. The van der Waals surface area contributed by atoms with Crippen LogP contribution >= 0.6 is 0 Å². The van der Waals surface area contributed by atoms with Gasteiger partial charge in [-0.25, -0.2) is 17.8 Å². The van der Waals surface area contributed by atoms with Crippen LogP contribution < -0.4 is 0 Å². The first-order valence-corrected chi connectivity index (χ1v) is 10.9. The van der Waals surface area contributed by atoms with Gasteiger partial charge in [-0.2, -0.15) is 4.39 Å². The van der Waals surface area contributed by atoms with Crippen molar-refractivity contribution in [3.8, 4) is 11.1 Å². The molecule has 0 aliphatic carbocycles. The first-order chi connectivity index (χ1) is 13.9. The van der Waals surface area contributed by atoms with E-state index in [1.54, 1.807) is 30.3 Å². The summed E-state index contributed by atoms with van der Waals surface area (Å²) < 4.78 is 52.4. The summed E-state index contributed by atoms with van der Waals surface area (Å²) >= 11 is 0. The lowest BCUT2D eigenvalue weighted by Crippen LogP contribution is -2.25. The van der Waals surface area contributed by atoms with E-state index in [1.807, 2.05) is 6.07 Å². The predicted octanol–water partition coefficient (Wildman–Crippen LogP) is 3.78. The maximum atomic E-state index is 13.1. The van der Waals surface area contributed by atoms with Crippen molar-refractivity contribution in [2.75, 3.05) is 13.1 Å². The molecule has 2 atom stereocenters. The highest BCUT2D eigenvalue weighted by atomic mass is 32.2. The highest BCUT2D eigenvalue weighted by Gasteiger charge is 2.50. The fourth-order valence-corrected chi connectivity index (χ4v) is 6.62. The smallest absolute Gasteiger partial charge is 0.212 e. The Kier molecular flexibility index (Phi) is 4.26. The maximum absolute atomic E-state index is 13.1. The molecule has 3 heterocycles. The molecule has 0 saturated carbocycles. The van der Waals surface area contributed by atoms with Crippen LogP contribution in [0.2, 0.25) is 0 Å². The summed E-state index contributed by atoms with van der Waals surface area (Å²) in [6.45, 7) is 1.66. The van der Waals surface area contributed by atoms with Gasteiger partial charge in [-0.1, -0.05) is 18.2 Å². The Morgan fingerprint density at radius 2 is 1.72 bits per heavy atom. The largest absolute Gasteiger partial charge is 0.297 e. The molecule has 1 saturated heterocycles. The number of nitrogens with zero attached hydrogens (tertiary/aromatic N) is 2. The van der Waals surface area contributed by atoms with Crippen LogP contribution in [0.3, 0.4) is 0 Å². The van der Waals surface area contributed by atoms with E-state index in [0.717, 1.165) is 22.3 Å². The Balaban J connectivity index is 1.46. The summed E-state index contributed by atoms with van der Waals surface area (Å²) in [4.78, 5) is 6.19. The van der Waals surface area contributed by atoms with Gasteiger partial charge in [-0.15, -0.1) is 0 Å². The van der Waals surface area contributed by atoms with Gasteiger partial charge >= 0.3 is 0 Å². The summed E-state index contributed by atoms with van der Waals surface area (Å²) in [5, 5.41) is -0.473. The summed E-state index contributed by atoms with van der Waals surface area (Å²) in [6.07, 6.45) is 1.45. The molecule has 2 aliphatic rings. The lowest BCUT2D eigenvalue weighted by atomic mass is 9.95. The number of fused-ring (bicyclic) bond motifs is 3. The van der Waals surface area contributed by atoms with Gasteiger partial charge < -0.3 is 0 Å². The number of sulfone groups is 1. The third kappa shape index (κ3) is 3.14. The number of likely N-dealkylation sites (tertiary alicyclic amines) is 1. The Morgan fingerprint density at radius 3 is 2.45 bits per heavy atom. The molecule has 148 valence electrons. The molecule has 0 N–H and O–H groups in total. The number of hydrogen-bond acceptors (Lipinski definition) is 4. The molecule has 0 amide bonds. The minimum absolute atomic E-state index is 0.108. The van der Waals surface area contributed by atoms with E-state index >= 15 is 0 Å². The molecule has 1 aromatic heterocycles. The Bertz CT molecular complexity index is 1180. The normalized spacial score (nSPS) is 22.4. The van der Waals surface area contributed by atoms with Gasteiger partial charge in [0.2, 0.25) is 5.95 Å². The number of pyridine rings is 1. The second-order valence-electron chi connectivity index (χ2n) is 7.63. The van der Waals surface area contributed by atoms with Crippen molar-refractivity contribution in [1.29, 1.82) is 0 Å². The zero-order valence-corrected chi connectivity index (χ0v) is 16.2. The van der Waals surface area contributed by atoms with Crippen molar-refractivity contribution >= 4 is 9.84 Å². The molecule has 29 heavy (non-hydrogen) atoms. The van der Waals surface area contributed by atoms with Crippen LogP contribution in [0.15, 0.2) is 65.7 Å². The van der Waals surface area contributed by atoms with Crippen molar-refractivity contribution in [1.82, 2.24) is 9.88 Å². The lowest BCUT2D eigenvalue weighted by Gasteiger charge is -2.17. The SMILES string of the molecule is O=S1(=O)c2ccc(-c3ccc(F)nc3)cc2[C@H]2CN(Cc3ccc(F)cc3)C[C@H]21. The van der Waals surface area contributed by atoms with Gasteiger partial charge in [-0.3, -0.25) is 4.90 Å². The van der Waals surface area contributed by atoms with Crippen LogP contribution in [0, 0.1) is 11.8 Å². The second kappa shape index (κ2) is 6.71. The Morgan fingerprint density at radius 1 is 0.966 bits per heavy atom. The minimum Gasteiger partial charge on any atom is -0.297 e. The average molecular weight is 412 g/mol. The van der Waals surface area contributed by atoms with Gasteiger partial charge in [0.15, 0.2) is 9.84 Å². The van der Waals surface area contributed by atoms with Gasteiger partial charge in [0.25, 0.3) is 0 Å². The van der Waals surface area contributed by atoms with E-state index in [2.05, 4.69) is 9.88 Å². The van der Waals surface area contributed by atoms with Crippen LogP contribution in [0.4, 0.5) is 8.78 Å². The van der Waals surface area contributed by atoms with Crippen LogP contribution in [0.1, 0.15) is 17.0 Å². The molecule has 4 nitrogen and oxygen atoms in total. The third-order valence-corrected chi connectivity index (χ3v) is 8.10. The zero-order chi connectivity index (χ0) is 20.2. The van der Waals surface area contributed by atoms with Crippen molar-refractivity contribution < 1.29 is 17.2 Å². The van der Waals surface area contributed by atoms with Crippen LogP contribution in [-0.2, 0) is 16.4 Å². The molecule has 0 unspecified atom stereocenters. The summed E-state index contributed by atoms with van der Waals surface area (Å²) in [5.74, 6) is -0.944. The van der Waals surface area contributed by atoms with Gasteiger partial charge in [0.1, 0.15) is 5.82 Å². The molecule has 5 rings (SSSR count). The van der Waals surface area contributed by atoms with Crippen molar-refractivity contribution in [3.05, 3.63) is 83.7 Å². The number of rotatable bonds is 3. The minimum atomic E-state index is -3.40. The van der Waals surface area contributed by atoms with Crippen LogP contribution in [0.5, 0.6) is 0 Å². The van der Waals surface area contributed by atoms with E-state index in [9.17, 15) is 17.2 Å². The van der Waals surface area contributed by atoms with E-state index in [0.29, 0.717) is 24.5 Å². The van der Waals surface area contributed by atoms with E-state index in [4.69, 9.17) is 0 Å². The fourth-order valence-electron chi connectivity index (χ4n) is 4.43. The van der Waals surface area contributed by atoms with Crippen molar-refractivity contribution in [2.24, 2.45) is 0 Å². The predicted molar refractivity (Wildman–Crippen MR) is 105 cm³/mol. The second-order valence-corrected chi connectivity index (χ2v) is 9.77. The van der Waals surface area contributed by atoms with E-state index in [1.165, 1.54) is 24.4 Å². The first kappa shape index (κ1) is 18.4. The van der Waals surface area contributed by atoms with Crippen molar-refractivity contribution in [3.63, 3.8) is 0 Å². The molecule has 0 radical (unpaired) electrons. The molecular weight excluding hydrogens is 394 g/mol. The number of hydrogen-bond donors (Lipinski definition) is 0. The Labute approximate surface area is 167 Å².